The molecule has 0 radical (unpaired) electrons. The summed E-state index contributed by atoms with van der Waals surface area (Å²) in [6.45, 7) is 0. The standard InChI is InChI=1S/C17H11NO2S3/c1-18-16(19)15(23-17(18)21)8-11-7-14-12(20-11)9-13(22-14)10-5-3-2-4-6-10/h2-9H,1H3/b15-8+. The molecule has 1 amide bonds. The fourth-order valence-corrected chi connectivity index (χ4v) is 4.54. The minimum atomic E-state index is -0.0790. The summed E-state index contributed by atoms with van der Waals surface area (Å²) in [4.78, 5) is 15.3. The Hall–Kier alpha value is -1.89. The van der Waals surface area contributed by atoms with Gasteiger partial charge in [-0.3, -0.25) is 9.69 Å². The van der Waals surface area contributed by atoms with Crippen molar-refractivity contribution < 1.29 is 9.21 Å². The second kappa shape index (κ2) is 5.63. The van der Waals surface area contributed by atoms with Crippen LogP contribution in [0.2, 0.25) is 0 Å². The number of nitrogens with zero attached hydrogens (tertiary/aromatic N) is 1. The predicted molar refractivity (Wildman–Crippen MR) is 100 cm³/mol. The lowest BCUT2D eigenvalue weighted by molar-refractivity contribution is -0.121. The minimum absolute atomic E-state index is 0.0790. The Morgan fingerprint density at radius 2 is 2.00 bits per heavy atom. The van der Waals surface area contributed by atoms with Crippen molar-refractivity contribution in [1.82, 2.24) is 4.90 Å². The first-order chi connectivity index (χ1) is 11.1. The van der Waals surface area contributed by atoms with E-state index in [1.54, 1.807) is 24.5 Å². The van der Waals surface area contributed by atoms with Gasteiger partial charge in [-0.05, 0) is 5.56 Å². The number of carbonyl (C=O) groups is 1. The van der Waals surface area contributed by atoms with Gasteiger partial charge in [0.15, 0.2) is 0 Å². The molecule has 1 saturated heterocycles. The lowest BCUT2D eigenvalue weighted by Gasteiger charge is -2.03. The van der Waals surface area contributed by atoms with Crippen LogP contribution in [0.15, 0.2) is 51.8 Å². The summed E-state index contributed by atoms with van der Waals surface area (Å²) in [5, 5.41) is 0. The average molecular weight is 357 g/mol. The molecule has 1 aliphatic heterocycles. The summed E-state index contributed by atoms with van der Waals surface area (Å²) in [5.41, 5.74) is 2.02. The van der Waals surface area contributed by atoms with Crippen LogP contribution in [0.1, 0.15) is 5.76 Å². The Morgan fingerprint density at radius 1 is 1.22 bits per heavy atom. The molecule has 6 heteroatoms. The zero-order valence-electron chi connectivity index (χ0n) is 12.1. The highest BCUT2D eigenvalue weighted by molar-refractivity contribution is 8.26. The number of rotatable bonds is 2. The summed E-state index contributed by atoms with van der Waals surface area (Å²) in [5.74, 6) is 0.601. The van der Waals surface area contributed by atoms with E-state index >= 15 is 0 Å². The molecule has 3 aromatic rings. The van der Waals surface area contributed by atoms with Crippen LogP contribution in [0.5, 0.6) is 0 Å². The highest BCUT2D eigenvalue weighted by Gasteiger charge is 2.29. The molecule has 0 N–H and O–H groups in total. The van der Waals surface area contributed by atoms with Gasteiger partial charge in [-0.15, -0.1) is 11.3 Å². The van der Waals surface area contributed by atoms with Crippen molar-refractivity contribution in [2.75, 3.05) is 7.05 Å². The third kappa shape index (κ3) is 2.63. The van der Waals surface area contributed by atoms with Crippen molar-refractivity contribution in [3.05, 3.63) is 53.1 Å². The van der Waals surface area contributed by atoms with E-state index in [4.69, 9.17) is 16.6 Å². The molecule has 0 saturated carbocycles. The number of carbonyl (C=O) groups excluding carboxylic acids is 1. The van der Waals surface area contributed by atoms with Crippen molar-refractivity contribution in [2.45, 2.75) is 0 Å². The summed E-state index contributed by atoms with van der Waals surface area (Å²) in [6, 6.07) is 14.2. The zero-order chi connectivity index (χ0) is 16.0. The third-order valence-electron chi connectivity index (χ3n) is 3.54. The number of furan rings is 1. The van der Waals surface area contributed by atoms with Crippen LogP contribution >= 0.6 is 35.3 Å². The molecule has 0 unspecified atom stereocenters. The molecule has 2 aromatic heterocycles. The second-order valence-electron chi connectivity index (χ2n) is 5.09. The first-order valence-electron chi connectivity index (χ1n) is 6.92. The zero-order valence-corrected chi connectivity index (χ0v) is 14.6. The van der Waals surface area contributed by atoms with Gasteiger partial charge in [0.2, 0.25) is 0 Å². The molecule has 3 heterocycles. The predicted octanol–water partition coefficient (Wildman–Crippen LogP) is 4.99. The Kier molecular flexibility index (Phi) is 3.60. The third-order valence-corrected chi connectivity index (χ3v) is 6.14. The van der Waals surface area contributed by atoms with Gasteiger partial charge < -0.3 is 4.42 Å². The smallest absolute Gasteiger partial charge is 0.266 e. The highest BCUT2D eigenvalue weighted by Crippen LogP contribution is 2.37. The summed E-state index contributed by atoms with van der Waals surface area (Å²) >= 11 is 8.11. The van der Waals surface area contributed by atoms with Gasteiger partial charge >= 0.3 is 0 Å². The van der Waals surface area contributed by atoms with E-state index in [1.165, 1.54) is 27.1 Å². The largest absolute Gasteiger partial charge is 0.456 e. The van der Waals surface area contributed by atoms with Gasteiger partial charge in [0.25, 0.3) is 5.91 Å². The summed E-state index contributed by atoms with van der Waals surface area (Å²) in [7, 11) is 1.69. The lowest BCUT2D eigenvalue weighted by Crippen LogP contribution is -2.22. The number of likely N-dealkylation sites (N-methyl/N-ethyl adjacent to an activating group) is 1. The average Bonchev–Trinajstić information content (AvgIpc) is 3.17. The van der Waals surface area contributed by atoms with Gasteiger partial charge in [0.05, 0.1) is 9.61 Å². The van der Waals surface area contributed by atoms with E-state index in [2.05, 4.69) is 12.1 Å². The van der Waals surface area contributed by atoms with Crippen molar-refractivity contribution >= 4 is 61.9 Å². The number of amides is 1. The van der Waals surface area contributed by atoms with Crippen LogP contribution in [-0.2, 0) is 4.79 Å². The van der Waals surface area contributed by atoms with Gasteiger partial charge in [-0.25, -0.2) is 0 Å². The van der Waals surface area contributed by atoms with E-state index in [9.17, 15) is 4.79 Å². The van der Waals surface area contributed by atoms with Gasteiger partial charge in [0, 0.05) is 30.1 Å². The van der Waals surface area contributed by atoms with E-state index in [1.807, 2.05) is 30.3 Å². The van der Waals surface area contributed by atoms with E-state index < -0.39 is 0 Å². The van der Waals surface area contributed by atoms with Crippen LogP contribution in [0.4, 0.5) is 0 Å². The molecule has 4 rings (SSSR count). The quantitative estimate of drug-likeness (QED) is 0.478. The molecule has 0 atom stereocenters. The maximum atomic E-state index is 12.0. The summed E-state index contributed by atoms with van der Waals surface area (Å²) in [6.07, 6.45) is 1.76. The van der Waals surface area contributed by atoms with Gasteiger partial charge in [-0.2, -0.15) is 0 Å². The van der Waals surface area contributed by atoms with Crippen molar-refractivity contribution in [2.24, 2.45) is 0 Å². The van der Waals surface area contributed by atoms with Gasteiger partial charge in [0.1, 0.15) is 15.7 Å². The second-order valence-corrected chi connectivity index (χ2v) is 7.85. The molecule has 3 nitrogen and oxygen atoms in total. The summed E-state index contributed by atoms with van der Waals surface area (Å²) < 4.78 is 7.50. The molecule has 1 aromatic carbocycles. The number of thiophene rings is 1. The Morgan fingerprint density at radius 3 is 2.65 bits per heavy atom. The fraction of sp³-hybridized carbons (Fsp3) is 0.0588. The first kappa shape index (κ1) is 14.7. The maximum Gasteiger partial charge on any atom is 0.266 e. The molecular weight excluding hydrogens is 346 g/mol. The number of thiocarbonyl (C=S) groups is 1. The molecule has 0 aliphatic carbocycles. The lowest BCUT2D eigenvalue weighted by atomic mass is 10.2. The van der Waals surface area contributed by atoms with Crippen molar-refractivity contribution in [1.29, 1.82) is 0 Å². The number of hydrogen-bond donors (Lipinski definition) is 0. The topological polar surface area (TPSA) is 33.5 Å². The minimum Gasteiger partial charge on any atom is -0.456 e. The number of hydrogen-bond acceptors (Lipinski definition) is 5. The molecule has 1 fully saturated rings. The monoisotopic (exact) mass is 357 g/mol. The SMILES string of the molecule is CN1C(=O)/C(=C\c2cc3sc(-c4ccccc4)cc3o2)SC1=S. The van der Waals surface area contributed by atoms with Gasteiger partial charge in [-0.1, -0.05) is 54.3 Å². The van der Waals surface area contributed by atoms with Crippen LogP contribution < -0.4 is 0 Å². The Balaban J connectivity index is 1.68. The number of benzene rings is 1. The number of thioether (sulfide) groups is 1. The van der Waals surface area contributed by atoms with Crippen LogP contribution in [0.25, 0.3) is 26.8 Å². The Labute approximate surface area is 146 Å². The fourth-order valence-electron chi connectivity index (χ4n) is 2.35. The van der Waals surface area contributed by atoms with Crippen LogP contribution in [-0.4, -0.2) is 22.2 Å². The maximum absolute atomic E-state index is 12.0. The molecular formula is C17H11NO2S3. The Bertz CT molecular complexity index is 921. The number of fused-ring (bicyclic) bond motifs is 1. The van der Waals surface area contributed by atoms with Crippen LogP contribution in [0.3, 0.4) is 0 Å². The molecule has 0 bridgehead atoms. The molecule has 1 aliphatic rings. The molecule has 0 spiro atoms. The van der Waals surface area contributed by atoms with Crippen molar-refractivity contribution in [3.63, 3.8) is 0 Å². The highest BCUT2D eigenvalue weighted by atomic mass is 32.2. The normalized spacial score (nSPS) is 16.9. The van der Waals surface area contributed by atoms with E-state index in [0.29, 0.717) is 15.0 Å². The van der Waals surface area contributed by atoms with E-state index in [0.717, 1.165) is 10.3 Å². The van der Waals surface area contributed by atoms with Crippen LogP contribution in [0, 0.1) is 0 Å². The molecule has 23 heavy (non-hydrogen) atoms. The molecule has 114 valence electrons. The first-order valence-corrected chi connectivity index (χ1v) is 8.96. The van der Waals surface area contributed by atoms with E-state index in [-0.39, 0.29) is 5.91 Å². The van der Waals surface area contributed by atoms with Crippen molar-refractivity contribution in [3.8, 4) is 10.4 Å².